The zero-order valence-corrected chi connectivity index (χ0v) is 17.0. The first kappa shape index (κ1) is 20.7. The van der Waals surface area contributed by atoms with Gasteiger partial charge >= 0.3 is 6.03 Å². The van der Waals surface area contributed by atoms with Gasteiger partial charge in [0.1, 0.15) is 0 Å². The van der Waals surface area contributed by atoms with E-state index in [1.807, 2.05) is 30.3 Å². The number of pyridine rings is 1. The fourth-order valence-electron chi connectivity index (χ4n) is 3.46. The zero-order valence-electron chi connectivity index (χ0n) is 17.0. The largest absolute Gasteiger partial charge is 0.331 e. The molecule has 1 aliphatic heterocycles. The lowest BCUT2D eigenvalue weighted by molar-refractivity contribution is 0.187. The van der Waals surface area contributed by atoms with Crippen LogP contribution in [-0.4, -0.2) is 54.0 Å². The van der Waals surface area contributed by atoms with Crippen molar-refractivity contribution in [2.45, 2.75) is 58.9 Å². The summed E-state index contributed by atoms with van der Waals surface area (Å²) < 4.78 is 0. The lowest BCUT2D eigenvalue weighted by Crippen LogP contribution is -2.43. The number of likely N-dealkylation sites (tertiary alicyclic amines) is 1. The van der Waals surface area contributed by atoms with Gasteiger partial charge in [0.2, 0.25) is 0 Å². The van der Waals surface area contributed by atoms with Gasteiger partial charge in [-0.3, -0.25) is 4.98 Å². The standard InChI is InChI=1S/C21H36N4O/c1-21(2,3)16-19(18-10-9-11-22-17-18)23-20(26)24(4)14-15-25-12-7-5-6-8-13-25/h9-11,17,19H,5-8,12-16H2,1-4H3,(H,23,26)/t19-/m0/s1. The minimum atomic E-state index is -0.0168. The average molecular weight is 361 g/mol. The lowest BCUT2D eigenvalue weighted by Gasteiger charge is -2.30. The SMILES string of the molecule is CN(CCN1CCCCCC1)C(=O)N[C@@H](CC(C)(C)C)c1cccnc1. The second-order valence-corrected chi connectivity index (χ2v) is 8.73. The van der Waals surface area contributed by atoms with Gasteiger partial charge in [0, 0.05) is 32.5 Å². The van der Waals surface area contributed by atoms with Crippen molar-refractivity contribution in [1.82, 2.24) is 20.1 Å². The highest BCUT2D eigenvalue weighted by Crippen LogP contribution is 2.29. The molecule has 0 spiro atoms. The minimum absolute atomic E-state index is 0.00192. The van der Waals surface area contributed by atoms with Crippen molar-refractivity contribution in [3.8, 4) is 0 Å². The minimum Gasteiger partial charge on any atom is -0.331 e. The van der Waals surface area contributed by atoms with Crippen molar-refractivity contribution in [2.75, 3.05) is 33.2 Å². The van der Waals surface area contributed by atoms with E-state index in [1.165, 1.54) is 25.7 Å². The van der Waals surface area contributed by atoms with Gasteiger partial charge in [0.25, 0.3) is 0 Å². The van der Waals surface area contributed by atoms with Gasteiger partial charge in [0.05, 0.1) is 6.04 Å². The number of carbonyl (C=O) groups excluding carboxylic acids is 1. The summed E-state index contributed by atoms with van der Waals surface area (Å²) in [6, 6.07) is 3.95. The van der Waals surface area contributed by atoms with E-state index in [-0.39, 0.29) is 17.5 Å². The van der Waals surface area contributed by atoms with Gasteiger partial charge in [-0.25, -0.2) is 4.79 Å². The molecular weight excluding hydrogens is 324 g/mol. The van der Waals surface area contributed by atoms with E-state index in [1.54, 1.807) is 6.20 Å². The molecule has 2 heterocycles. The second-order valence-electron chi connectivity index (χ2n) is 8.73. The van der Waals surface area contributed by atoms with Gasteiger partial charge in [-0.1, -0.05) is 39.7 Å². The van der Waals surface area contributed by atoms with Crippen molar-refractivity contribution < 1.29 is 4.79 Å². The number of rotatable bonds is 6. The molecule has 1 atom stereocenters. The summed E-state index contributed by atoms with van der Waals surface area (Å²) in [4.78, 5) is 21.3. The van der Waals surface area contributed by atoms with Gasteiger partial charge in [0.15, 0.2) is 0 Å². The predicted octanol–water partition coefficient (Wildman–Crippen LogP) is 4.08. The van der Waals surface area contributed by atoms with E-state index in [9.17, 15) is 4.79 Å². The van der Waals surface area contributed by atoms with Crippen molar-refractivity contribution in [3.05, 3.63) is 30.1 Å². The Balaban J connectivity index is 1.90. The van der Waals surface area contributed by atoms with Crippen molar-refractivity contribution in [3.63, 3.8) is 0 Å². The molecule has 146 valence electrons. The van der Waals surface area contributed by atoms with Crippen LogP contribution < -0.4 is 5.32 Å². The van der Waals surface area contributed by atoms with Crippen LogP contribution in [0.4, 0.5) is 4.79 Å². The third-order valence-electron chi connectivity index (χ3n) is 5.00. The van der Waals surface area contributed by atoms with Gasteiger partial charge in [-0.2, -0.15) is 0 Å². The van der Waals surface area contributed by atoms with Gasteiger partial charge in [-0.15, -0.1) is 0 Å². The van der Waals surface area contributed by atoms with Crippen LogP contribution >= 0.6 is 0 Å². The normalized spacial score (nSPS) is 17.4. The number of amides is 2. The fraction of sp³-hybridized carbons (Fsp3) is 0.714. The number of hydrogen-bond acceptors (Lipinski definition) is 3. The van der Waals surface area contributed by atoms with Crippen molar-refractivity contribution in [2.24, 2.45) is 5.41 Å². The van der Waals surface area contributed by atoms with E-state index in [0.29, 0.717) is 0 Å². The van der Waals surface area contributed by atoms with Crippen molar-refractivity contribution in [1.29, 1.82) is 0 Å². The summed E-state index contributed by atoms with van der Waals surface area (Å²) in [6.07, 6.45) is 9.75. The van der Waals surface area contributed by atoms with Crippen LogP contribution in [0.2, 0.25) is 0 Å². The van der Waals surface area contributed by atoms with Crippen LogP contribution in [0.15, 0.2) is 24.5 Å². The second kappa shape index (κ2) is 9.91. The van der Waals surface area contributed by atoms with Gasteiger partial charge < -0.3 is 15.1 Å². The van der Waals surface area contributed by atoms with Crippen LogP contribution in [-0.2, 0) is 0 Å². The molecule has 0 unspecified atom stereocenters. The van der Waals surface area contributed by atoms with E-state index in [0.717, 1.165) is 38.2 Å². The third kappa shape index (κ3) is 7.32. The molecule has 0 saturated carbocycles. The Hall–Kier alpha value is -1.62. The molecule has 0 bridgehead atoms. The van der Waals surface area contributed by atoms with E-state index in [4.69, 9.17) is 0 Å². The molecule has 1 fully saturated rings. The number of likely N-dealkylation sites (N-methyl/N-ethyl adjacent to an activating group) is 1. The quantitative estimate of drug-likeness (QED) is 0.832. The molecule has 26 heavy (non-hydrogen) atoms. The molecule has 1 saturated heterocycles. The summed E-state index contributed by atoms with van der Waals surface area (Å²) in [5.74, 6) is 0. The first-order valence-electron chi connectivity index (χ1n) is 9.99. The molecule has 1 aliphatic rings. The number of hydrogen-bond donors (Lipinski definition) is 1. The maximum atomic E-state index is 12.7. The number of nitrogens with zero attached hydrogens (tertiary/aromatic N) is 3. The first-order chi connectivity index (χ1) is 12.3. The Bertz CT molecular complexity index is 533. The van der Waals surface area contributed by atoms with Crippen LogP contribution in [0.1, 0.15) is 64.5 Å². The summed E-state index contributed by atoms with van der Waals surface area (Å²) >= 11 is 0. The maximum Gasteiger partial charge on any atom is 0.317 e. The molecule has 2 amide bonds. The van der Waals surface area contributed by atoms with E-state index < -0.39 is 0 Å². The number of urea groups is 1. The highest BCUT2D eigenvalue weighted by molar-refractivity contribution is 5.74. The molecule has 2 rings (SSSR count). The number of carbonyl (C=O) groups is 1. The van der Waals surface area contributed by atoms with Gasteiger partial charge in [-0.05, 0) is 49.4 Å². The monoisotopic (exact) mass is 360 g/mol. The Labute approximate surface area is 159 Å². The third-order valence-corrected chi connectivity index (χ3v) is 5.00. The molecule has 0 aromatic carbocycles. The van der Waals surface area contributed by atoms with Crippen LogP contribution in [0, 0.1) is 5.41 Å². The Kier molecular flexibility index (Phi) is 7.88. The molecule has 1 N–H and O–H groups in total. The topological polar surface area (TPSA) is 48.5 Å². The predicted molar refractivity (Wildman–Crippen MR) is 107 cm³/mol. The van der Waals surface area contributed by atoms with Crippen LogP contribution in [0.3, 0.4) is 0 Å². The summed E-state index contributed by atoms with van der Waals surface area (Å²) in [5.41, 5.74) is 1.19. The first-order valence-corrected chi connectivity index (χ1v) is 9.99. The van der Waals surface area contributed by atoms with E-state index in [2.05, 4.69) is 36.0 Å². The summed E-state index contributed by atoms with van der Waals surface area (Å²) in [7, 11) is 1.89. The molecule has 5 heteroatoms. The molecule has 1 aromatic heterocycles. The number of aromatic nitrogens is 1. The summed E-state index contributed by atoms with van der Waals surface area (Å²) in [5, 5.41) is 3.22. The Morgan fingerprint density at radius 1 is 1.27 bits per heavy atom. The van der Waals surface area contributed by atoms with Crippen LogP contribution in [0.5, 0.6) is 0 Å². The molecule has 5 nitrogen and oxygen atoms in total. The number of nitrogens with one attached hydrogen (secondary N) is 1. The maximum absolute atomic E-state index is 12.7. The Morgan fingerprint density at radius 2 is 1.96 bits per heavy atom. The molecule has 1 aromatic rings. The average Bonchev–Trinajstić information content (AvgIpc) is 2.87. The zero-order chi connectivity index (χ0) is 19.0. The smallest absolute Gasteiger partial charge is 0.317 e. The lowest BCUT2D eigenvalue weighted by atomic mass is 9.86. The van der Waals surface area contributed by atoms with E-state index >= 15 is 0 Å². The molecular formula is C21H36N4O. The highest BCUT2D eigenvalue weighted by atomic mass is 16.2. The van der Waals surface area contributed by atoms with Crippen molar-refractivity contribution >= 4 is 6.03 Å². The fourth-order valence-corrected chi connectivity index (χ4v) is 3.46. The summed E-state index contributed by atoms with van der Waals surface area (Å²) in [6.45, 7) is 10.7. The van der Waals surface area contributed by atoms with Crippen LogP contribution in [0.25, 0.3) is 0 Å². The highest BCUT2D eigenvalue weighted by Gasteiger charge is 2.23. The Morgan fingerprint density at radius 3 is 2.54 bits per heavy atom. The molecule has 0 radical (unpaired) electrons. The molecule has 0 aliphatic carbocycles.